The maximum absolute atomic E-state index is 5.82. The van der Waals surface area contributed by atoms with Crippen molar-refractivity contribution in [3.63, 3.8) is 0 Å². The molecule has 2 heterocycles. The summed E-state index contributed by atoms with van der Waals surface area (Å²) in [7, 11) is 1.89. The van der Waals surface area contributed by atoms with Crippen LogP contribution in [0.2, 0.25) is 0 Å². The maximum atomic E-state index is 5.82. The number of aromatic nitrogens is 3. The second-order valence-electron chi connectivity index (χ2n) is 3.93. The molecule has 1 aromatic rings. The van der Waals surface area contributed by atoms with Crippen molar-refractivity contribution in [3.05, 3.63) is 11.9 Å². The first-order chi connectivity index (χ1) is 6.78. The van der Waals surface area contributed by atoms with Crippen LogP contribution < -0.4 is 0 Å². The largest absolute Gasteiger partial charge is 0.297 e. The van der Waals surface area contributed by atoms with Gasteiger partial charge >= 0.3 is 0 Å². The van der Waals surface area contributed by atoms with Gasteiger partial charge in [0, 0.05) is 32.2 Å². The molecule has 0 N–H and O–H groups in total. The quantitative estimate of drug-likeness (QED) is 0.701. The molecule has 1 aliphatic rings. The lowest BCUT2D eigenvalue weighted by Gasteiger charge is -2.12. The summed E-state index contributed by atoms with van der Waals surface area (Å²) in [6.07, 6.45) is 3.18. The number of hydrogen-bond donors (Lipinski definition) is 0. The summed E-state index contributed by atoms with van der Waals surface area (Å²) in [5.41, 5.74) is 1.04. The lowest BCUT2D eigenvalue weighted by Crippen LogP contribution is -2.20. The van der Waals surface area contributed by atoms with Crippen LogP contribution in [-0.2, 0) is 13.6 Å². The summed E-state index contributed by atoms with van der Waals surface area (Å²) < 4.78 is 1.74. The molecule has 2 rings (SSSR count). The molecule has 0 aliphatic carbocycles. The first kappa shape index (κ1) is 9.93. The van der Waals surface area contributed by atoms with E-state index in [2.05, 4.69) is 15.2 Å². The van der Waals surface area contributed by atoms with E-state index in [1.165, 1.54) is 6.42 Å². The zero-order chi connectivity index (χ0) is 9.97. The Labute approximate surface area is 88.8 Å². The van der Waals surface area contributed by atoms with Crippen LogP contribution in [-0.4, -0.2) is 38.9 Å². The van der Waals surface area contributed by atoms with Gasteiger partial charge in [0.1, 0.15) is 0 Å². The Bertz CT molecular complexity index is 299. The first-order valence-corrected chi connectivity index (χ1v) is 5.45. The molecule has 4 nitrogen and oxygen atoms in total. The van der Waals surface area contributed by atoms with Gasteiger partial charge in [-0.15, -0.1) is 16.7 Å². The van der Waals surface area contributed by atoms with Gasteiger partial charge in [-0.05, 0) is 18.9 Å². The monoisotopic (exact) mass is 214 g/mol. The van der Waals surface area contributed by atoms with E-state index in [0.717, 1.165) is 31.2 Å². The Morgan fingerprint density at radius 2 is 2.50 bits per heavy atom. The van der Waals surface area contributed by atoms with Gasteiger partial charge in [0.15, 0.2) is 0 Å². The van der Waals surface area contributed by atoms with Crippen LogP contribution in [0.15, 0.2) is 6.20 Å². The molecule has 5 heteroatoms. The van der Waals surface area contributed by atoms with Crippen LogP contribution in [0.3, 0.4) is 0 Å². The zero-order valence-corrected chi connectivity index (χ0v) is 9.11. The van der Waals surface area contributed by atoms with Crippen LogP contribution in [0.25, 0.3) is 0 Å². The summed E-state index contributed by atoms with van der Waals surface area (Å²) >= 11 is 5.82. The number of hydrogen-bond acceptors (Lipinski definition) is 3. The van der Waals surface area contributed by atoms with E-state index in [9.17, 15) is 0 Å². The number of nitrogens with zero attached hydrogens (tertiary/aromatic N) is 4. The third-order valence-corrected chi connectivity index (χ3v) is 3.06. The van der Waals surface area contributed by atoms with Gasteiger partial charge in [-0.3, -0.25) is 9.58 Å². The molecule has 1 aliphatic heterocycles. The highest BCUT2D eigenvalue weighted by Gasteiger charge is 2.21. The van der Waals surface area contributed by atoms with Crippen LogP contribution in [0.4, 0.5) is 0 Å². The Kier molecular flexibility index (Phi) is 3.03. The first-order valence-electron chi connectivity index (χ1n) is 4.91. The van der Waals surface area contributed by atoms with Gasteiger partial charge in [-0.2, -0.15) is 0 Å². The fraction of sp³-hybridized carbons (Fsp3) is 0.778. The van der Waals surface area contributed by atoms with E-state index in [1.807, 2.05) is 13.2 Å². The number of rotatable bonds is 3. The van der Waals surface area contributed by atoms with E-state index < -0.39 is 0 Å². The van der Waals surface area contributed by atoms with Gasteiger partial charge in [-0.25, -0.2) is 0 Å². The molecule has 0 bridgehead atoms. The van der Waals surface area contributed by atoms with Crippen molar-refractivity contribution in [2.45, 2.75) is 13.0 Å². The molecule has 0 amide bonds. The second kappa shape index (κ2) is 4.28. The van der Waals surface area contributed by atoms with Crippen molar-refractivity contribution >= 4 is 11.6 Å². The highest BCUT2D eigenvalue weighted by molar-refractivity contribution is 6.18. The minimum absolute atomic E-state index is 0.660. The van der Waals surface area contributed by atoms with Gasteiger partial charge < -0.3 is 0 Å². The van der Waals surface area contributed by atoms with Crippen molar-refractivity contribution < 1.29 is 0 Å². The van der Waals surface area contributed by atoms with E-state index in [-0.39, 0.29) is 0 Å². The molecular formula is C9H15ClN4. The predicted octanol–water partition coefficient (Wildman–Crippen LogP) is 0.876. The topological polar surface area (TPSA) is 34.0 Å². The molecule has 0 saturated carbocycles. The Morgan fingerprint density at radius 3 is 3.07 bits per heavy atom. The minimum Gasteiger partial charge on any atom is -0.297 e. The summed E-state index contributed by atoms with van der Waals surface area (Å²) in [4.78, 5) is 2.39. The Morgan fingerprint density at radius 1 is 1.64 bits per heavy atom. The van der Waals surface area contributed by atoms with E-state index >= 15 is 0 Å². The third-order valence-electron chi connectivity index (χ3n) is 2.62. The molecule has 1 aromatic heterocycles. The van der Waals surface area contributed by atoms with Crippen LogP contribution in [0.5, 0.6) is 0 Å². The average molecular weight is 215 g/mol. The highest BCUT2D eigenvalue weighted by Crippen LogP contribution is 2.18. The summed E-state index contributed by atoms with van der Waals surface area (Å²) in [5, 5.41) is 7.98. The van der Waals surface area contributed by atoms with Crippen LogP contribution in [0, 0.1) is 5.92 Å². The van der Waals surface area contributed by atoms with Gasteiger partial charge in [-0.1, -0.05) is 5.21 Å². The molecule has 1 saturated heterocycles. The number of halogens is 1. The van der Waals surface area contributed by atoms with Crippen molar-refractivity contribution in [1.82, 2.24) is 19.9 Å². The minimum atomic E-state index is 0.660. The molecule has 78 valence electrons. The fourth-order valence-electron chi connectivity index (χ4n) is 1.88. The smallest absolute Gasteiger partial charge is 0.0967 e. The van der Waals surface area contributed by atoms with E-state index in [4.69, 9.17) is 11.6 Å². The standard InChI is InChI=1S/C9H15ClN4/c1-13-6-9(11-12-13)7-14-3-2-8(4-10)5-14/h6,8H,2-5,7H2,1H3. The fourth-order valence-corrected chi connectivity index (χ4v) is 2.13. The number of alkyl halides is 1. The summed E-state index contributed by atoms with van der Waals surface area (Å²) in [5.74, 6) is 1.44. The highest BCUT2D eigenvalue weighted by atomic mass is 35.5. The van der Waals surface area contributed by atoms with Crippen molar-refractivity contribution in [2.75, 3.05) is 19.0 Å². The Hall–Kier alpha value is -0.610. The van der Waals surface area contributed by atoms with Gasteiger partial charge in [0.2, 0.25) is 0 Å². The third kappa shape index (κ3) is 2.25. The van der Waals surface area contributed by atoms with Crippen molar-refractivity contribution in [3.8, 4) is 0 Å². The summed E-state index contributed by atoms with van der Waals surface area (Å²) in [6, 6.07) is 0. The molecule has 14 heavy (non-hydrogen) atoms. The average Bonchev–Trinajstić information content (AvgIpc) is 2.76. The summed E-state index contributed by atoms with van der Waals surface area (Å²) in [6.45, 7) is 3.13. The van der Waals surface area contributed by atoms with Crippen molar-refractivity contribution in [2.24, 2.45) is 13.0 Å². The van der Waals surface area contributed by atoms with E-state index in [1.54, 1.807) is 4.68 Å². The second-order valence-corrected chi connectivity index (χ2v) is 4.24. The lowest BCUT2D eigenvalue weighted by atomic mass is 10.2. The predicted molar refractivity (Wildman–Crippen MR) is 55.1 cm³/mol. The van der Waals surface area contributed by atoms with E-state index in [0.29, 0.717) is 5.92 Å². The van der Waals surface area contributed by atoms with Crippen LogP contribution in [0.1, 0.15) is 12.1 Å². The van der Waals surface area contributed by atoms with Crippen molar-refractivity contribution in [1.29, 1.82) is 0 Å². The number of likely N-dealkylation sites (tertiary alicyclic amines) is 1. The Balaban J connectivity index is 1.87. The number of aryl methyl sites for hydroxylation is 1. The van der Waals surface area contributed by atoms with Crippen LogP contribution >= 0.6 is 11.6 Å². The molecule has 0 aromatic carbocycles. The molecule has 0 radical (unpaired) electrons. The molecule has 0 spiro atoms. The molecule has 1 unspecified atom stereocenters. The lowest BCUT2D eigenvalue weighted by molar-refractivity contribution is 0.317. The maximum Gasteiger partial charge on any atom is 0.0967 e. The molecule has 1 fully saturated rings. The molecule has 1 atom stereocenters. The zero-order valence-electron chi connectivity index (χ0n) is 8.36. The van der Waals surface area contributed by atoms with Gasteiger partial charge in [0.25, 0.3) is 0 Å². The van der Waals surface area contributed by atoms with Gasteiger partial charge in [0.05, 0.1) is 5.69 Å². The molecular weight excluding hydrogens is 200 g/mol. The SMILES string of the molecule is Cn1cc(CN2CCC(CCl)C2)nn1. The normalized spacial score (nSPS) is 23.1.